The van der Waals surface area contributed by atoms with Crippen molar-refractivity contribution in [2.75, 3.05) is 0 Å². The summed E-state index contributed by atoms with van der Waals surface area (Å²) in [7, 11) is 0. The summed E-state index contributed by atoms with van der Waals surface area (Å²) in [6, 6.07) is 13.8. The molecule has 0 amide bonds. The third-order valence-electron chi connectivity index (χ3n) is 6.98. The van der Waals surface area contributed by atoms with Gasteiger partial charge in [-0.2, -0.15) is 0 Å². The van der Waals surface area contributed by atoms with Gasteiger partial charge < -0.3 is 14.5 Å². The van der Waals surface area contributed by atoms with E-state index in [1.807, 2.05) is 24.3 Å². The maximum absolute atomic E-state index is 12.8. The quantitative estimate of drug-likeness (QED) is 0.217. The molecule has 5 nitrogen and oxygen atoms in total. The average molecular weight is 444 g/mol. The van der Waals surface area contributed by atoms with E-state index in [0.29, 0.717) is 12.0 Å². The first-order valence-corrected chi connectivity index (χ1v) is 12.0. The minimum atomic E-state index is -0.891. The number of hydrogen-bond donors (Lipinski definition) is 2. The number of aryl methyl sites for hydroxylation is 3. The van der Waals surface area contributed by atoms with Crippen LogP contribution in [0.1, 0.15) is 65.8 Å². The molecular weight excluding hydrogens is 414 g/mol. The van der Waals surface area contributed by atoms with Gasteiger partial charge in [0, 0.05) is 46.5 Å². The number of carbonyl (C=O) groups is 2. The first kappa shape index (κ1) is 21.5. The van der Waals surface area contributed by atoms with Gasteiger partial charge in [-0.05, 0) is 49.8 Å². The van der Waals surface area contributed by atoms with Gasteiger partial charge >= 0.3 is 5.97 Å². The van der Waals surface area contributed by atoms with E-state index in [1.165, 1.54) is 16.5 Å². The van der Waals surface area contributed by atoms with Crippen LogP contribution in [0.15, 0.2) is 53.1 Å². The molecule has 0 aliphatic heterocycles. The van der Waals surface area contributed by atoms with E-state index in [9.17, 15) is 14.7 Å². The zero-order chi connectivity index (χ0) is 22.8. The van der Waals surface area contributed by atoms with Crippen LogP contribution in [0.4, 0.5) is 0 Å². The first-order chi connectivity index (χ1) is 16.1. The Hall–Kier alpha value is -3.34. The number of H-pyrrole nitrogens is 1. The summed E-state index contributed by atoms with van der Waals surface area (Å²) in [5, 5.41) is 12.0. The summed E-state index contributed by atoms with van der Waals surface area (Å²) in [5.74, 6) is -0.633. The molecule has 0 saturated carbocycles. The molecule has 1 atom stereocenters. The summed E-state index contributed by atoms with van der Waals surface area (Å²) in [6.07, 6.45) is 9.43. The number of rotatable bonds is 10. The van der Waals surface area contributed by atoms with Crippen LogP contribution in [0.3, 0.4) is 0 Å². The van der Waals surface area contributed by atoms with E-state index in [2.05, 4.69) is 23.3 Å². The highest BCUT2D eigenvalue weighted by atomic mass is 16.4. The van der Waals surface area contributed by atoms with Gasteiger partial charge in [0.25, 0.3) is 0 Å². The topological polar surface area (TPSA) is 83.3 Å². The average Bonchev–Trinajstić information content (AvgIpc) is 3.52. The number of carboxylic acids is 1. The Morgan fingerprint density at radius 3 is 2.79 bits per heavy atom. The number of aliphatic carboxylic acids is 1. The molecule has 0 fully saturated rings. The van der Waals surface area contributed by atoms with E-state index >= 15 is 0 Å². The van der Waals surface area contributed by atoms with Crippen molar-refractivity contribution in [3.8, 4) is 0 Å². The highest BCUT2D eigenvalue weighted by Gasteiger charge is 2.24. The van der Waals surface area contributed by atoms with E-state index in [4.69, 9.17) is 4.42 Å². The zero-order valence-electron chi connectivity index (χ0n) is 18.7. The number of carboxylic acid groups (broad SMARTS) is 1. The molecule has 33 heavy (non-hydrogen) atoms. The second kappa shape index (κ2) is 9.26. The molecule has 0 bridgehead atoms. The molecule has 0 saturated heterocycles. The van der Waals surface area contributed by atoms with Gasteiger partial charge in [0.05, 0.1) is 5.92 Å². The minimum absolute atomic E-state index is 0.0315. The summed E-state index contributed by atoms with van der Waals surface area (Å²) >= 11 is 0. The van der Waals surface area contributed by atoms with Gasteiger partial charge in [-0.15, -0.1) is 0 Å². The number of furan rings is 1. The molecule has 5 heteroatoms. The molecule has 0 radical (unpaired) electrons. The number of para-hydroxylation sites is 1. The Morgan fingerprint density at radius 2 is 1.91 bits per heavy atom. The van der Waals surface area contributed by atoms with Crippen molar-refractivity contribution in [2.45, 2.75) is 57.8 Å². The van der Waals surface area contributed by atoms with Crippen molar-refractivity contribution in [3.63, 3.8) is 0 Å². The predicted octanol–water partition coefficient (Wildman–Crippen LogP) is 6.48. The van der Waals surface area contributed by atoms with Crippen LogP contribution < -0.4 is 0 Å². The monoisotopic (exact) mass is 443 g/mol. The highest BCUT2D eigenvalue weighted by Crippen LogP contribution is 2.33. The van der Waals surface area contributed by atoms with Crippen molar-refractivity contribution in [2.24, 2.45) is 5.92 Å². The fourth-order valence-electron chi connectivity index (χ4n) is 5.15. The summed E-state index contributed by atoms with van der Waals surface area (Å²) in [5.41, 5.74) is 5.00. The highest BCUT2D eigenvalue weighted by molar-refractivity contribution is 6.01. The number of unbranched alkanes of at least 4 members (excludes halogenated alkanes) is 2. The Labute approximate surface area is 192 Å². The molecule has 0 spiro atoms. The number of ketones is 1. The van der Waals surface area contributed by atoms with Crippen molar-refractivity contribution in [1.82, 2.24) is 4.98 Å². The van der Waals surface area contributed by atoms with E-state index in [1.54, 1.807) is 6.07 Å². The number of aromatic amines is 1. The van der Waals surface area contributed by atoms with Crippen LogP contribution in [-0.4, -0.2) is 21.8 Å². The number of hydrogen-bond acceptors (Lipinski definition) is 3. The van der Waals surface area contributed by atoms with Crippen LogP contribution >= 0.6 is 0 Å². The molecule has 2 aromatic carbocycles. The van der Waals surface area contributed by atoms with Crippen molar-refractivity contribution >= 4 is 33.6 Å². The maximum atomic E-state index is 12.8. The Kier molecular flexibility index (Phi) is 6.03. The SMILES string of the molecule is O=C(C[C@@H](CCCCCc1c[nH]c2ccccc12)C(=O)O)c1ccc2c3c(oc2c1)CCC3. The molecule has 2 heterocycles. The summed E-state index contributed by atoms with van der Waals surface area (Å²) < 4.78 is 5.93. The Bertz CT molecular complexity index is 1310. The van der Waals surface area contributed by atoms with Crippen LogP contribution in [0.2, 0.25) is 0 Å². The van der Waals surface area contributed by atoms with E-state index in [0.717, 1.165) is 67.2 Å². The molecule has 1 aliphatic rings. The van der Waals surface area contributed by atoms with Gasteiger partial charge in [-0.25, -0.2) is 0 Å². The lowest BCUT2D eigenvalue weighted by Gasteiger charge is -2.11. The van der Waals surface area contributed by atoms with Gasteiger partial charge in [0.15, 0.2) is 5.78 Å². The lowest BCUT2D eigenvalue weighted by Crippen LogP contribution is -2.18. The fourth-order valence-corrected chi connectivity index (χ4v) is 5.15. The van der Waals surface area contributed by atoms with Gasteiger partial charge in [0.1, 0.15) is 11.3 Å². The largest absolute Gasteiger partial charge is 0.481 e. The molecule has 5 rings (SSSR count). The standard InChI is InChI=1S/C28H29NO4/c30-25(18-13-14-23-22-10-6-12-26(22)33-27(23)16-18)15-19(28(31)32)7-2-1-3-8-20-17-29-24-11-5-4-9-21(20)24/h4-5,9,11,13-14,16-17,19,29H,1-3,6-8,10,12,15H2,(H,31,32)/t19-/m1/s1. The summed E-state index contributed by atoms with van der Waals surface area (Å²) in [4.78, 5) is 27.9. The van der Waals surface area contributed by atoms with Crippen molar-refractivity contribution in [1.29, 1.82) is 0 Å². The van der Waals surface area contributed by atoms with Crippen LogP contribution in [-0.2, 0) is 24.1 Å². The third-order valence-corrected chi connectivity index (χ3v) is 6.98. The molecule has 1 aliphatic carbocycles. The molecular formula is C28H29NO4. The normalized spacial score (nSPS) is 14.1. The predicted molar refractivity (Wildman–Crippen MR) is 129 cm³/mol. The molecule has 2 aromatic heterocycles. The van der Waals surface area contributed by atoms with E-state index in [-0.39, 0.29) is 12.2 Å². The third kappa shape index (κ3) is 4.45. The zero-order valence-corrected chi connectivity index (χ0v) is 18.7. The minimum Gasteiger partial charge on any atom is -0.481 e. The van der Waals surface area contributed by atoms with Crippen LogP contribution in [0.5, 0.6) is 0 Å². The number of Topliss-reactive ketones (excluding diaryl/α,β-unsaturated/α-hetero) is 1. The Morgan fingerprint density at radius 1 is 1.03 bits per heavy atom. The van der Waals surface area contributed by atoms with Crippen LogP contribution in [0.25, 0.3) is 21.9 Å². The molecule has 4 aromatic rings. The van der Waals surface area contributed by atoms with E-state index < -0.39 is 11.9 Å². The lowest BCUT2D eigenvalue weighted by molar-refractivity contribution is -0.141. The number of fused-ring (bicyclic) bond motifs is 4. The number of carbonyl (C=O) groups excluding carboxylic acids is 1. The second-order valence-electron chi connectivity index (χ2n) is 9.19. The number of benzene rings is 2. The van der Waals surface area contributed by atoms with Crippen molar-refractivity contribution in [3.05, 3.63) is 71.1 Å². The lowest BCUT2D eigenvalue weighted by atomic mass is 9.92. The summed E-state index contributed by atoms with van der Waals surface area (Å²) in [6.45, 7) is 0. The number of nitrogens with one attached hydrogen (secondary N) is 1. The van der Waals surface area contributed by atoms with Gasteiger partial charge in [0.2, 0.25) is 0 Å². The fraction of sp³-hybridized carbons (Fsp3) is 0.357. The van der Waals surface area contributed by atoms with Crippen LogP contribution in [0, 0.1) is 5.92 Å². The second-order valence-corrected chi connectivity index (χ2v) is 9.19. The Balaban J connectivity index is 1.14. The van der Waals surface area contributed by atoms with Gasteiger partial charge in [-0.1, -0.05) is 43.2 Å². The molecule has 0 unspecified atom stereocenters. The van der Waals surface area contributed by atoms with Crippen molar-refractivity contribution < 1.29 is 19.1 Å². The first-order valence-electron chi connectivity index (χ1n) is 12.0. The smallest absolute Gasteiger partial charge is 0.306 e. The number of aromatic nitrogens is 1. The maximum Gasteiger partial charge on any atom is 0.306 e. The molecule has 170 valence electrons. The molecule has 2 N–H and O–H groups in total. The van der Waals surface area contributed by atoms with Gasteiger partial charge in [-0.3, -0.25) is 9.59 Å².